The van der Waals surface area contributed by atoms with E-state index in [9.17, 15) is 14.7 Å². The highest BCUT2D eigenvalue weighted by molar-refractivity contribution is 6.38. The van der Waals surface area contributed by atoms with E-state index in [2.05, 4.69) is 6.92 Å². The van der Waals surface area contributed by atoms with Gasteiger partial charge in [-0.1, -0.05) is 80.7 Å². The Morgan fingerprint density at radius 1 is 1.19 bits per heavy atom. The van der Waals surface area contributed by atoms with Crippen molar-refractivity contribution >= 4 is 35.1 Å². The maximum absolute atomic E-state index is 14.1. The molecule has 1 amide bonds. The Morgan fingerprint density at radius 2 is 1.89 bits per heavy atom. The van der Waals surface area contributed by atoms with Gasteiger partial charge in [0.25, 0.3) is 5.91 Å². The molecule has 1 saturated carbocycles. The number of hydrogen-bond acceptors (Lipinski definition) is 3. The van der Waals surface area contributed by atoms with Gasteiger partial charge in [0.05, 0.1) is 22.6 Å². The fourth-order valence-electron chi connectivity index (χ4n) is 6.45. The van der Waals surface area contributed by atoms with Crippen molar-refractivity contribution < 1.29 is 19.4 Å². The number of benzene rings is 2. The smallest absolute Gasteiger partial charge is 0.309 e. The Balaban J connectivity index is 1.69. The second-order valence-corrected chi connectivity index (χ2v) is 12.1. The molecule has 0 radical (unpaired) electrons. The molecule has 5 nitrogen and oxygen atoms in total. The quantitative estimate of drug-likeness (QED) is 0.352. The molecular weight excluding hydrogens is 509 g/mol. The van der Waals surface area contributed by atoms with E-state index in [0.717, 1.165) is 29.5 Å². The van der Waals surface area contributed by atoms with Crippen molar-refractivity contribution in [3.8, 4) is 0 Å². The molecule has 1 aliphatic carbocycles. The molecule has 1 fully saturated rings. The second kappa shape index (κ2) is 11.0. The lowest BCUT2D eigenvalue weighted by Gasteiger charge is -2.50. The number of carboxylic acid groups (broad SMARTS) is 1. The summed E-state index contributed by atoms with van der Waals surface area (Å²) in [5, 5.41) is 11.3. The standard InChI is InChI=1S/C30H37Cl2NO4/c1-19(2)24-22(31)16-21-25(26(24)32)27(34)33(14-9-15-37-18-20-10-6-5-7-11-20)17-23-29(21,3)12-8-13-30(23,4)28(35)36/h5-7,10-11,16,19,23H,8-9,12-15,17-18H2,1-4H3,(H,35,36)/t23-,29-,30-/m1/s1. The van der Waals surface area contributed by atoms with Gasteiger partial charge in [-0.15, -0.1) is 0 Å². The van der Waals surface area contributed by atoms with Crippen LogP contribution in [0.2, 0.25) is 10.0 Å². The number of amides is 1. The first-order valence-electron chi connectivity index (χ1n) is 13.2. The van der Waals surface area contributed by atoms with Crippen LogP contribution in [0.1, 0.15) is 86.3 Å². The molecule has 1 aliphatic heterocycles. The largest absolute Gasteiger partial charge is 0.481 e. The van der Waals surface area contributed by atoms with Gasteiger partial charge in [-0.3, -0.25) is 9.59 Å². The highest BCUT2D eigenvalue weighted by Gasteiger charge is 2.57. The molecule has 4 rings (SSSR count). The van der Waals surface area contributed by atoms with Crippen molar-refractivity contribution in [2.75, 3.05) is 19.7 Å². The van der Waals surface area contributed by atoms with Crippen molar-refractivity contribution in [1.82, 2.24) is 4.90 Å². The number of halogens is 2. The number of carboxylic acids is 1. The van der Waals surface area contributed by atoms with Crippen LogP contribution in [-0.2, 0) is 21.6 Å². The summed E-state index contributed by atoms with van der Waals surface area (Å²) in [6.07, 6.45) is 2.76. The minimum absolute atomic E-state index is 0.0421. The Hall–Kier alpha value is -2.08. The fourth-order valence-corrected chi connectivity index (χ4v) is 7.43. The molecule has 0 bridgehead atoms. The maximum Gasteiger partial charge on any atom is 0.309 e. The normalized spacial score (nSPS) is 25.5. The maximum atomic E-state index is 14.1. The SMILES string of the molecule is CC(C)c1c(Cl)cc2c(c1Cl)C(=O)N(CCCOCc1ccccc1)C[C@H]1[C@](C)(C(=O)O)CCC[C@]21C. The summed E-state index contributed by atoms with van der Waals surface area (Å²) in [4.78, 5) is 28.5. The van der Waals surface area contributed by atoms with Crippen molar-refractivity contribution in [3.63, 3.8) is 0 Å². The van der Waals surface area contributed by atoms with Crippen LogP contribution < -0.4 is 0 Å². The summed E-state index contributed by atoms with van der Waals surface area (Å²) in [5.41, 5.74) is 1.63. The van der Waals surface area contributed by atoms with E-state index >= 15 is 0 Å². The number of fused-ring (bicyclic) bond motifs is 3. The molecule has 0 aromatic heterocycles. The lowest BCUT2D eigenvalue weighted by Crippen LogP contribution is -2.53. The summed E-state index contributed by atoms with van der Waals surface area (Å²) in [7, 11) is 0. The number of ether oxygens (including phenoxy) is 1. The first kappa shape index (κ1) is 27.9. The van der Waals surface area contributed by atoms with E-state index in [1.807, 2.05) is 57.2 Å². The first-order chi connectivity index (χ1) is 17.5. The molecule has 3 atom stereocenters. The van der Waals surface area contributed by atoms with Crippen LogP contribution >= 0.6 is 23.2 Å². The monoisotopic (exact) mass is 545 g/mol. The van der Waals surface area contributed by atoms with Crippen molar-refractivity contribution in [2.24, 2.45) is 11.3 Å². The summed E-state index contributed by atoms with van der Waals surface area (Å²) in [6.45, 7) is 9.77. The molecule has 0 spiro atoms. The number of carbonyl (C=O) groups is 2. The van der Waals surface area contributed by atoms with Gasteiger partial charge in [-0.25, -0.2) is 0 Å². The van der Waals surface area contributed by atoms with Crippen LogP contribution in [-0.4, -0.2) is 41.6 Å². The van der Waals surface area contributed by atoms with Gasteiger partial charge in [-0.05, 0) is 60.3 Å². The summed E-state index contributed by atoms with van der Waals surface area (Å²) in [6, 6.07) is 11.9. The summed E-state index contributed by atoms with van der Waals surface area (Å²) < 4.78 is 5.87. The minimum Gasteiger partial charge on any atom is -0.481 e. The molecule has 2 aromatic rings. The van der Waals surface area contributed by atoms with Crippen molar-refractivity contribution in [2.45, 2.75) is 71.3 Å². The van der Waals surface area contributed by atoms with E-state index in [-0.39, 0.29) is 17.7 Å². The average molecular weight is 547 g/mol. The lowest BCUT2D eigenvalue weighted by molar-refractivity contribution is -0.157. The molecule has 2 aromatic carbocycles. The third-order valence-electron chi connectivity index (χ3n) is 8.60. The van der Waals surface area contributed by atoms with Crippen molar-refractivity contribution in [1.29, 1.82) is 0 Å². The van der Waals surface area contributed by atoms with E-state index in [0.29, 0.717) is 54.8 Å². The van der Waals surface area contributed by atoms with Gasteiger partial charge in [0.2, 0.25) is 0 Å². The van der Waals surface area contributed by atoms with Crippen molar-refractivity contribution in [3.05, 3.63) is 68.7 Å². The molecule has 2 aliphatic rings. The molecule has 37 heavy (non-hydrogen) atoms. The zero-order chi connectivity index (χ0) is 27.0. The molecular formula is C30H37Cl2NO4. The summed E-state index contributed by atoms with van der Waals surface area (Å²) >= 11 is 13.7. The highest BCUT2D eigenvalue weighted by Crippen LogP contribution is 2.56. The second-order valence-electron chi connectivity index (χ2n) is 11.4. The average Bonchev–Trinajstić information content (AvgIpc) is 2.93. The zero-order valence-electron chi connectivity index (χ0n) is 22.2. The first-order valence-corrected chi connectivity index (χ1v) is 13.9. The topological polar surface area (TPSA) is 66.8 Å². The Kier molecular flexibility index (Phi) is 8.27. The lowest BCUT2D eigenvalue weighted by atomic mass is 9.53. The van der Waals surface area contributed by atoms with Gasteiger partial charge >= 0.3 is 5.97 Å². The Bertz CT molecular complexity index is 1170. The minimum atomic E-state index is -0.966. The van der Waals surface area contributed by atoms with Gasteiger partial charge in [0.1, 0.15) is 0 Å². The number of aliphatic carboxylic acids is 1. The van der Waals surface area contributed by atoms with Crippen LogP contribution in [0.5, 0.6) is 0 Å². The van der Waals surface area contributed by atoms with Crippen LogP contribution in [0, 0.1) is 11.3 Å². The molecule has 0 unspecified atom stereocenters. The molecule has 0 saturated heterocycles. The third-order valence-corrected chi connectivity index (χ3v) is 9.30. The van der Waals surface area contributed by atoms with Crippen LogP contribution in [0.4, 0.5) is 0 Å². The van der Waals surface area contributed by atoms with Gasteiger partial charge < -0.3 is 14.7 Å². The predicted molar refractivity (Wildman–Crippen MR) is 148 cm³/mol. The number of hydrogen-bond donors (Lipinski definition) is 1. The molecule has 200 valence electrons. The molecule has 1 heterocycles. The van der Waals surface area contributed by atoms with Crippen LogP contribution in [0.15, 0.2) is 36.4 Å². The van der Waals surface area contributed by atoms with E-state index in [1.165, 1.54) is 0 Å². The van der Waals surface area contributed by atoms with Crippen LogP contribution in [0.3, 0.4) is 0 Å². The highest BCUT2D eigenvalue weighted by atomic mass is 35.5. The number of rotatable bonds is 8. The molecule has 7 heteroatoms. The van der Waals surface area contributed by atoms with Gasteiger partial charge in [0, 0.05) is 30.6 Å². The molecule has 1 N–H and O–H groups in total. The van der Waals surface area contributed by atoms with Crippen LogP contribution in [0.25, 0.3) is 0 Å². The predicted octanol–water partition coefficient (Wildman–Crippen LogP) is 7.33. The van der Waals surface area contributed by atoms with Gasteiger partial charge in [0.15, 0.2) is 0 Å². The van der Waals surface area contributed by atoms with E-state index in [4.69, 9.17) is 27.9 Å². The Morgan fingerprint density at radius 3 is 2.54 bits per heavy atom. The van der Waals surface area contributed by atoms with E-state index in [1.54, 1.807) is 4.90 Å². The summed E-state index contributed by atoms with van der Waals surface area (Å²) in [5.74, 6) is -1.20. The zero-order valence-corrected chi connectivity index (χ0v) is 23.7. The van der Waals surface area contributed by atoms with E-state index < -0.39 is 16.8 Å². The number of nitrogens with zero attached hydrogens (tertiary/aromatic N) is 1. The third kappa shape index (κ3) is 5.15. The van der Waals surface area contributed by atoms with Gasteiger partial charge in [-0.2, -0.15) is 0 Å². The number of carbonyl (C=O) groups excluding carboxylic acids is 1. The fraction of sp³-hybridized carbons (Fsp3) is 0.533. The Labute approximate surface area is 230 Å².